The summed E-state index contributed by atoms with van der Waals surface area (Å²) in [6.07, 6.45) is 1.46. The molecule has 1 heterocycles. The highest BCUT2D eigenvalue weighted by Gasteiger charge is 2.13. The van der Waals surface area contributed by atoms with Gasteiger partial charge in [0.2, 0.25) is 10.0 Å². The lowest BCUT2D eigenvalue weighted by Gasteiger charge is -2.09. The summed E-state index contributed by atoms with van der Waals surface area (Å²) in [5.74, 6) is -0.369. The number of nitrogens with one attached hydrogen (secondary N) is 1. The summed E-state index contributed by atoms with van der Waals surface area (Å²) in [5, 5.41) is 7.75. The summed E-state index contributed by atoms with van der Waals surface area (Å²) in [5.41, 5.74) is 2.07. The zero-order valence-corrected chi connectivity index (χ0v) is 12.4. The number of nitrogens with zero attached hydrogens (tertiary/aromatic N) is 1. The van der Waals surface area contributed by atoms with Crippen molar-refractivity contribution in [2.24, 2.45) is 5.14 Å². The molecule has 0 fully saturated rings. The van der Waals surface area contributed by atoms with Crippen LogP contribution < -0.4 is 10.5 Å². The smallest absolute Gasteiger partial charge is 0.257 e. The van der Waals surface area contributed by atoms with Gasteiger partial charge in [-0.15, -0.1) is 0 Å². The van der Waals surface area contributed by atoms with Crippen LogP contribution >= 0.6 is 0 Å². The van der Waals surface area contributed by atoms with E-state index in [1.54, 1.807) is 31.2 Å². The third-order valence-corrected chi connectivity index (χ3v) is 3.98. The summed E-state index contributed by atoms with van der Waals surface area (Å²) in [7, 11) is -3.83. The predicted octanol–water partition coefficient (Wildman–Crippen LogP) is 1.60. The number of anilines is 1. The van der Waals surface area contributed by atoms with E-state index in [0.717, 1.165) is 5.69 Å². The monoisotopic (exact) mass is 305 g/mol. The quantitative estimate of drug-likeness (QED) is 0.899. The molecule has 0 saturated carbocycles. The Balaban J connectivity index is 2.28. The highest BCUT2D eigenvalue weighted by molar-refractivity contribution is 7.89. The van der Waals surface area contributed by atoms with Crippen molar-refractivity contribution in [3.05, 3.63) is 53.3 Å². The minimum atomic E-state index is -3.83. The van der Waals surface area contributed by atoms with Crippen LogP contribution in [0.3, 0.4) is 0 Å². The number of aryl methyl sites for hydroxylation is 2. The molecule has 2 aromatic rings. The number of hydrogen-bond donors (Lipinski definition) is 2. The van der Waals surface area contributed by atoms with Crippen LogP contribution in [0, 0.1) is 13.8 Å². The number of carbonyl (C=O) groups is 1. The summed E-state index contributed by atoms with van der Waals surface area (Å²) in [6, 6.07) is 7.91. The van der Waals surface area contributed by atoms with Crippen LogP contribution in [-0.2, 0) is 10.0 Å². The number of carbonyl (C=O) groups excluding carboxylic acids is 1. The Morgan fingerprint density at radius 1 is 1.19 bits per heavy atom. The second-order valence-electron chi connectivity index (χ2n) is 4.67. The fourth-order valence-electron chi connectivity index (χ4n) is 1.79. The molecule has 6 nitrogen and oxygen atoms in total. The standard InChI is InChI=1S/C14H15N3O3S/c1-9-3-6-12(7-13(9)21(15,19)20)17-14(18)11-5-4-10(2)16-8-11/h3-8H,1-2H3,(H,17,18)(H2,15,19,20). The Labute approximate surface area is 123 Å². The lowest BCUT2D eigenvalue weighted by molar-refractivity contribution is 0.102. The van der Waals surface area contributed by atoms with E-state index >= 15 is 0 Å². The SMILES string of the molecule is Cc1ccc(C(=O)Nc2ccc(C)c(S(N)(=O)=O)c2)cn1. The van der Waals surface area contributed by atoms with E-state index in [4.69, 9.17) is 5.14 Å². The van der Waals surface area contributed by atoms with E-state index in [0.29, 0.717) is 16.8 Å². The topological polar surface area (TPSA) is 102 Å². The van der Waals surface area contributed by atoms with Crippen molar-refractivity contribution in [1.29, 1.82) is 0 Å². The summed E-state index contributed by atoms with van der Waals surface area (Å²) in [6.45, 7) is 3.45. The molecule has 0 bridgehead atoms. The van der Waals surface area contributed by atoms with E-state index in [2.05, 4.69) is 10.3 Å². The maximum absolute atomic E-state index is 12.0. The van der Waals surface area contributed by atoms with E-state index in [9.17, 15) is 13.2 Å². The average molecular weight is 305 g/mol. The van der Waals surface area contributed by atoms with Crippen molar-refractivity contribution >= 4 is 21.6 Å². The van der Waals surface area contributed by atoms with E-state index in [-0.39, 0.29) is 10.8 Å². The summed E-state index contributed by atoms with van der Waals surface area (Å²) >= 11 is 0. The minimum absolute atomic E-state index is 0.0117. The number of nitrogens with two attached hydrogens (primary N) is 1. The number of amides is 1. The molecule has 0 atom stereocenters. The van der Waals surface area contributed by atoms with Gasteiger partial charge in [0.05, 0.1) is 10.5 Å². The van der Waals surface area contributed by atoms with Crippen LogP contribution in [0.2, 0.25) is 0 Å². The largest absolute Gasteiger partial charge is 0.322 e. The van der Waals surface area contributed by atoms with Crippen LogP contribution in [-0.4, -0.2) is 19.3 Å². The minimum Gasteiger partial charge on any atom is -0.322 e. The van der Waals surface area contributed by atoms with Crippen molar-refractivity contribution in [3.63, 3.8) is 0 Å². The predicted molar refractivity (Wildman–Crippen MR) is 79.5 cm³/mol. The van der Waals surface area contributed by atoms with Gasteiger partial charge in [0.15, 0.2) is 0 Å². The lowest BCUT2D eigenvalue weighted by atomic mass is 10.2. The lowest BCUT2D eigenvalue weighted by Crippen LogP contribution is -2.16. The number of hydrogen-bond acceptors (Lipinski definition) is 4. The number of primary sulfonamides is 1. The van der Waals surface area contributed by atoms with Crippen LogP contribution in [0.4, 0.5) is 5.69 Å². The Morgan fingerprint density at radius 2 is 1.90 bits per heavy atom. The fraction of sp³-hybridized carbons (Fsp3) is 0.143. The second-order valence-corrected chi connectivity index (χ2v) is 6.20. The third kappa shape index (κ3) is 3.65. The van der Waals surface area contributed by atoms with Crippen molar-refractivity contribution in [3.8, 4) is 0 Å². The third-order valence-electron chi connectivity index (χ3n) is 2.93. The zero-order valence-electron chi connectivity index (χ0n) is 11.6. The number of pyridine rings is 1. The van der Waals surface area contributed by atoms with E-state index in [1.165, 1.54) is 12.3 Å². The highest BCUT2D eigenvalue weighted by atomic mass is 32.2. The Morgan fingerprint density at radius 3 is 2.48 bits per heavy atom. The molecule has 0 aliphatic carbocycles. The average Bonchev–Trinajstić information content (AvgIpc) is 2.40. The van der Waals surface area contributed by atoms with Gasteiger partial charge >= 0.3 is 0 Å². The maximum Gasteiger partial charge on any atom is 0.257 e. The molecular weight excluding hydrogens is 290 g/mol. The van der Waals surface area contributed by atoms with Crippen molar-refractivity contribution < 1.29 is 13.2 Å². The van der Waals surface area contributed by atoms with Gasteiger partial charge in [0.25, 0.3) is 5.91 Å². The zero-order chi connectivity index (χ0) is 15.6. The van der Waals surface area contributed by atoms with Gasteiger partial charge in [-0.1, -0.05) is 6.07 Å². The van der Waals surface area contributed by atoms with Crippen molar-refractivity contribution in [2.45, 2.75) is 18.7 Å². The molecule has 0 aliphatic heterocycles. The molecule has 0 aliphatic rings. The van der Waals surface area contributed by atoms with Crippen LogP contribution in [0.1, 0.15) is 21.6 Å². The van der Waals surface area contributed by atoms with E-state index in [1.807, 2.05) is 6.92 Å². The maximum atomic E-state index is 12.0. The van der Waals surface area contributed by atoms with Crippen LogP contribution in [0.25, 0.3) is 0 Å². The molecule has 1 aromatic carbocycles. The number of sulfonamides is 1. The Hall–Kier alpha value is -2.25. The molecule has 0 unspecified atom stereocenters. The van der Waals surface area contributed by atoms with Gasteiger partial charge in [-0.2, -0.15) is 0 Å². The molecule has 1 amide bonds. The van der Waals surface area contributed by atoms with Crippen LogP contribution in [0.5, 0.6) is 0 Å². The summed E-state index contributed by atoms with van der Waals surface area (Å²) in [4.78, 5) is 16.1. The van der Waals surface area contributed by atoms with E-state index < -0.39 is 10.0 Å². The van der Waals surface area contributed by atoms with Crippen molar-refractivity contribution in [2.75, 3.05) is 5.32 Å². The van der Waals surface area contributed by atoms with Gasteiger partial charge in [0, 0.05) is 17.6 Å². The first kappa shape index (κ1) is 15.1. The van der Waals surface area contributed by atoms with Gasteiger partial charge in [-0.25, -0.2) is 13.6 Å². The molecule has 7 heteroatoms. The molecule has 0 radical (unpaired) electrons. The van der Waals surface area contributed by atoms with Gasteiger partial charge in [0.1, 0.15) is 0 Å². The Kier molecular flexibility index (Phi) is 4.06. The highest BCUT2D eigenvalue weighted by Crippen LogP contribution is 2.19. The second kappa shape index (κ2) is 5.63. The van der Waals surface area contributed by atoms with Gasteiger partial charge in [-0.05, 0) is 43.7 Å². The summed E-state index contributed by atoms with van der Waals surface area (Å²) < 4.78 is 22.9. The number of aromatic nitrogens is 1. The fourth-order valence-corrected chi connectivity index (χ4v) is 2.60. The van der Waals surface area contributed by atoms with Gasteiger partial charge in [-0.3, -0.25) is 9.78 Å². The molecule has 0 saturated heterocycles. The molecule has 3 N–H and O–H groups in total. The number of benzene rings is 1. The molecular formula is C14H15N3O3S. The Bertz CT molecular complexity index is 784. The normalized spacial score (nSPS) is 11.2. The first-order valence-electron chi connectivity index (χ1n) is 6.15. The molecule has 1 aromatic heterocycles. The van der Waals surface area contributed by atoms with Gasteiger partial charge < -0.3 is 5.32 Å². The molecule has 2 rings (SSSR count). The van der Waals surface area contributed by atoms with Crippen LogP contribution in [0.15, 0.2) is 41.4 Å². The molecule has 21 heavy (non-hydrogen) atoms. The first-order valence-corrected chi connectivity index (χ1v) is 7.69. The first-order chi connectivity index (χ1) is 9.77. The van der Waals surface area contributed by atoms with Crippen molar-refractivity contribution in [1.82, 2.24) is 4.98 Å². The molecule has 0 spiro atoms. The molecule has 110 valence electrons. The number of rotatable bonds is 3.